The molecule has 2 rings (SSSR count). The monoisotopic (exact) mass is 420 g/mol. The van der Waals surface area contributed by atoms with Gasteiger partial charge in [0.2, 0.25) is 5.91 Å². The molecule has 2 aromatic carbocycles. The molecule has 4 nitrogen and oxygen atoms in total. The maximum atomic E-state index is 13.1. The van der Waals surface area contributed by atoms with Crippen LogP contribution in [0.1, 0.15) is 65.0 Å². The van der Waals surface area contributed by atoms with E-state index in [1.807, 2.05) is 57.2 Å². The third kappa shape index (κ3) is 18.9. The Morgan fingerprint density at radius 1 is 1.07 bits per heavy atom. The highest BCUT2D eigenvalue weighted by Gasteiger charge is 1.99. The van der Waals surface area contributed by atoms with Gasteiger partial charge in [0.05, 0.1) is 0 Å². The van der Waals surface area contributed by atoms with Gasteiger partial charge in [-0.15, -0.1) is 0 Å². The van der Waals surface area contributed by atoms with E-state index in [4.69, 9.17) is 10.5 Å². The number of amides is 1. The summed E-state index contributed by atoms with van der Waals surface area (Å²) < 4.78 is 18.6. The predicted molar refractivity (Wildman–Crippen MR) is 126 cm³/mol. The molecular weight excluding hydrogens is 379 g/mol. The molecule has 0 bridgehead atoms. The summed E-state index contributed by atoms with van der Waals surface area (Å²) in [5.41, 5.74) is 7.10. The second-order valence-electron chi connectivity index (χ2n) is 6.36. The van der Waals surface area contributed by atoms with Crippen LogP contribution in [0.2, 0.25) is 0 Å². The molecule has 0 aliphatic heterocycles. The van der Waals surface area contributed by atoms with Crippen molar-refractivity contribution in [3.05, 3.63) is 65.5 Å². The molecule has 0 aromatic heterocycles. The van der Waals surface area contributed by atoms with Crippen LogP contribution in [0, 0.1) is 12.7 Å². The standard InChI is InChI=1S/C14H13FO.C5H12N2O.C4H10.C2H6/c1-11-7-13(15)9-14(8-11)16-10-12-5-3-2-4-6-12;1-5(8)7-4-2-3-6;1-3-4-2;1-2/h2-9H,10H2,1H3;2-4,6H2,1H3,(H,7,8);3-4H2,1-2H3;1-2H3. The van der Waals surface area contributed by atoms with Crippen molar-refractivity contribution in [2.75, 3.05) is 13.1 Å². The van der Waals surface area contributed by atoms with Gasteiger partial charge in [-0.05, 0) is 43.1 Å². The van der Waals surface area contributed by atoms with Crippen LogP contribution in [0.15, 0.2) is 48.5 Å². The first-order valence-electron chi connectivity index (χ1n) is 10.8. The summed E-state index contributed by atoms with van der Waals surface area (Å²) in [7, 11) is 0. The van der Waals surface area contributed by atoms with E-state index in [0.717, 1.165) is 17.5 Å². The summed E-state index contributed by atoms with van der Waals surface area (Å²) in [5, 5.41) is 2.63. The second-order valence-corrected chi connectivity index (χ2v) is 6.36. The van der Waals surface area contributed by atoms with Gasteiger partial charge >= 0.3 is 0 Å². The Morgan fingerprint density at radius 2 is 1.67 bits per heavy atom. The van der Waals surface area contributed by atoms with E-state index in [2.05, 4.69) is 19.2 Å². The van der Waals surface area contributed by atoms with Crippen molar-refractivity contribution in [2.24, 2.45) is 5.73 Å². The van der Waals surface area contributed by atoms with Gasteiger partial charge in [-0.2, -0.15) is 0 Å². The Labute approximate surface area is 183 Å². The largest absolute Gasteiger partial charge is 0.489 e. The van der Waals surface area contributed by atoms with Crippen LogP contribution >= 0.6 is 0 Å². The lowest BCUT2D eigenvalue weighted by molar-refractivity contribution is -0.118. The van der Waals surface area contributed by atoms with E-state index in [0.29, 0.717) is 25.4 Å². The fourth-order valence-electron chi connectivity index (χ4n) is 1.89. The van der Waals surface area contributed by atoms with E-state index >= 15 is 0 Å². The smallest absolute Gasteiger partial charge is 0.216 e. The highest BCUT2D eigenvalue weighted by molar-refractivity contribution is 5.72. The molecule has 0 spiro atoms. The van der Waals surface area contributed by atoms with E-state index in [1.165, 1.54) is 31.9 Å². The summed E-state index contributed by atoms with van der Waals surface area (Å²) in [4.78, 5) is 10.2. The topological polar surface area (TPSA) is 64.4 Å². The van der Waals surface area contributed by atoms with Crippen molar-refractivity contribution < 1.29 is 13.9 Å². The summed E-state index contributed by atoms with van der Waals surface area (Å²) in [5.74, 6) is 0.322. The molecule has 3 N–H and O–H groups in total. The van der Waals surface area contributed by atoms with Crippen molar-refractivity contribution in [3.63, 3.8) is 0 Å². The van der Waals surface area contributed by atoms with Gasteiger partial charge in [-0.3, -0.25) is 4.79 Å². The predicted octanol–water partition coefficient (Wildman–Crippen LogP) is 6.02. The highest BCUT2D eigenvalue weighted by atomic mass is 19.1. The average molecular weight is 421 g/mol. The zero-order valence-corrected chi connectivity index (χ0v) is 19.6. The third-order valence-electron chi connectivity index (χ3n) is 3.52. The lowest BCUT2D eigenvalue weighted by Crippen LogP contribution is -2.22. The fraction of sp³-hybridized carbons (Fsp3) is 0.480. The number of nitrogens with two attached hydrogens (primary N) is 1. The van der Waals surface area contributed by atoms with Crippen molar-refractivity contribution in [1.82, 2.24) is 5.32 Å². The SMILES string of the molecule is CC.CC(=O)NCCCN.CCCC.Cc1cc(F)cc(OCc2ccccc2)c1. The molecule has 0 fully saturated rings. The Bertz CT molecular complexity index is 627. The molecule has 0 saturated carbocycles. The van der Waals surface area contributed by atoms with E-state index in [9.17, 15) is 9.18 Å². The van der Waals surface area contributed by atoms with Crippen molar-refractivity contribution >= 4 is 5.91 Å². The molecule has 5 heteroatoms. The van der Waals surface area contributed by atoms with Crippen LogP contribution in [0.5, 0.6) is 5.75 Å². The molecule has 0 radical (unpaired) electrons. The average Bonchev–Trinajstić information content (AvgIpc) is 2.74. The summed E-state index contributed by atoms with van der Waals surface area (Å²) in [6.07, 6.45) is 3.50. The van der Waals surface area contributed by atoms with E-state index < -0.39 is 0 Å². The molecule has 170 valence electrons. The minimum absolute atomic E-state index is 0.0125. The molecule has 30 heavy (non-hydrogen) atoms. The Hall–Kier alpha value is -2.40. The normalized spacial score (nSPS) is 8.93. The van der Waals surface area contributed by atoms with Gasteiger partial charge in [0, 0.05) is 19.5 Å². The van der Waals surface area contributed by atoms with Crippen molar-refractivity contribution in [3.8, 4) is 5.75 Å². The highest BCUT2D eigenvalue weighted by Crippen LogP contribution is 2.17. The maximum Gasteiger partial charge on any atom is 0.216 e. The number of hydrogen-bond acceptors (Lipinski definition) is 3. The molecule has 2 aromatic rings. The lowest BCUT2D eigenvalue weighted by atomic mass is 10.2. The van der Waals surface area contributed by atoms with Crippen LogP contribution in [0.4, 0.5) is 4.39 Å². The minimum atomic E-state index is -0.261. The number of nitrogens with one attached hydrogen (secondary N) is 1. The number of ether oxygens (including phenoxy) is 1. The Kier molecular flexibility index (Phi) is 21.2. The summed E-state index contributed by atoms with van der Waals surface area (Å²) >= 11 is 0. The van der Waals surface area contributed by atoms with Crippen LogP contribution in [-0.4, -0.2) is 19.0 Å². The van der Waals surface area contributed by atoms with Gasteiger partial charge < -0.3 is 15.8 Å². The summed E-state index contributed by atoms with van der Waals surface area (Å²) in [6.45, 7) is 13.5. The second kappa shape index (κ2) is 21.3. The van der Waals surface area contributed by atoms with Crippen LogP contribution in [0.25, 0.3) is 0 Å². The van der Waals surface area contributed by atoms with Crippen LogP contribution < -0.4 is 15.8 Å². The third-order valence-corrected chi connectivity index (χ3v) is 3.52. The molecular formula is C25H41FN2O2. The van der Waals surface area contributed by atoms with Gasteiger partial charge in [0.1, 0.15) is 18.2 Å². The van der Waals surface area contributed by atoms with E-state index in [1.54, 1.807) is 0 Å². The Morgan fingerprint density at radius 3 is 2.13 bits per heavy atom. The minimum Gasteiger partial charge on any atom is -0.489 e. The van der Waals surface area contributed by atoms with Gasteiger partial charge in [-0.25, -0.2) is 4.39 Å². The molecule has 0 aliphatic rings. The zero-order valence-electron chi connectivity index (χ0n) is 19.6. The van der Waals surface area contributed by atoms with Gasteiger partial charge in [-0.1, -0.05) is 70.9 Å². The number of benzene rings is 2. The lowest BCUT2D eigenvalue weighted by Gasteiger charge is -2.07. The molecule has 0 saturated heterocycles. The number of carbonyl (C=O) groups is 1. The molecule has 0 aliphatic carbocycles. The fourth-order valence-corrected chi connectivity index (χ4v) is 1.89. The number of unbranched alkanes of at least 4 members (excludes halogenated alkanes) is 1. The maximum absolute atomic E-state index is 13.1. The van der Waals surface area contributed by atoms with Crippen molar-refractivity contribution in [2.45, 2.75) is 67.4 Å². The summed E-state index contributed by atoms with van der Waals surface area (Å²) in [6, 6.07) is 14.5. The molecule has 0 atom stereocenters. The van der Waals surface area contributed by atoms with Crippen LogP contribution in [0.3, 0.4) is 0 Å². The number of hydrogen-bond donors (Lipinski definition) is 2. The molecule has 1 amide bonds. The first-order valence-corrected chi connectivity index (χ1v) is 10.8. The van der Waals surface area contributed by atoms with Crippen LogP contribution in [-0.2, 0) is 11.4 Å². The van der Waals surface area contributed by atoms with E-state index in [-0.39, 0.29) is 11.7 Å². The van der Waals surface area contributed by atoms with Crippen molar-refractivity contribution in [1.29, 1.82) is 0 Å². The molecule has 0 heterocycles. The number of halogens is 1. The quantitative estimate of drug-likeness (QED) is 0.539. The Balaban J connectivity index is 0. The number of aryl methyl sites for hydroxylation is 1. The van der Waals surface area contributed by atoms with Gasteiger partial charge in [0.15, 0.2) is 0 Å². The zero-order chi connectivity index (χ0) is 23.2. The molecule has 0 unspecified atom stereocenters. The first-order chi connectivity index (χ1) is 14.4. The van der Waals surface area contributed by atoms with Gasteiger partial charge in [0.25, 0.3) is 0 Å². The first kappa shape index (κ1) is 29.8. The number of rotatable bonds is 7. The number of carbonyl (C=O) groups excluding carboxylic acids is 1.